The van der Waals surface area contributed by atoms with E-state index in [1.165, 1.54) is 83.7 Å². The SMILES string of the molecule is [C-]#[N+]c1ccc(OCCCN2CCC(C3(CC4CCCCC4)CCCc4ccccc43)CC2)cc1. The van der Waals surface area contributed by atoms with Crippen molar-refractivity contribution in [3.8, 4) is 5.75 Å². The van der Waals surface area contributed by atoms with Crippen LogP contribution in [-0.4, -0.2) is 31.1 Å². The van der Waals surface area contributed by atoms with Crippen LogP contribution in [0.4, 0.5) is 5.69 Å². The summed E-state index contributed by atoms with van der Waals surface area (Å²) in [6, 6.07) is 17.0. The molecule has 186 valence electrons. The lowest BCUT2D eigenvalue weighted by Gasteiger charge is -2.50. The Bertz CT molecular complexity index is 979. The third-order valence-electron chi connectivity index (χ3n) is 9.22. The average molecular weight is 471 g/mol. The molecule has 2 aliphatic carbocycles. The quantitative estimate of drug-likeness (QED) is 0.287. The predicted octanol–water partition coefficient (Wildman–Crippen LogP) is 7.96. The minimum Gasteiger partial charge on any atom is -0.494 e. The zero-order valence-corrected chi connectivity index (χ0v) is 21.4. The van der Waals surface area contributed by atoms with Crippen molar-refractivity contribution in [2.24, 2.45) is 11.8 Å². The summed E-state index contributed by atoms with van der Waals surface area (Å²) in [4.78, 5) is 6.12. The maximum Gasteiger partial charge on any atom is 0.187 e. The summed E-state index contributed by atoms with van der Waals surface area (Å²) in [6.07, 6.45) is 16.5. The molecule has 2 aromatic rings. The predicted molar refractivity (Wildman–Crippen MR) is 144 cm³/mol. The van der Waals surface area contributed by atoms with Crippen LogP contribution in [0.15, 0.2) is 48.5 Å². The number of nitrogens with zero attached hydrogens (tertiary/aromatic N) is 2. The molecule has 0 amide bonds. The summed E-state index contributed by atoms with van der Waals surface area (Å²) in [5.41, 5.74) is 4.47. The van der Waals surface area contributed by atoms with Crippen molar-refractivity contribution in [1.29, 1.82) is 0 Å². The Labute approximate surface area is 212 Å². The summed E-state index contributed by atoms with van der Waals surface area (Å²) in [6.45, 7) is 11.4. The van der Waals surface area contributed by atoms with Crippen LogP contribution in [0.3, 0.4) is 0 Å². The van der Waals surface area contributed by atoms with Crippen molar-refractivity contribution in [2.45, 2.75) is 82.5 Å². The van der Waals surface area contributed by atoms with Gasteiger partial charge in [-0.05, 0) is 98.5 Å². The number of aryl methyl sites for hydroxylation is 1. The summed E-state index contributed by atoms with van der Waals surface area (Å²) >= 11 is 0. The summed E-state index contributed by atoms with van der Waals surface area (Å²) in [5.74, 6) is 2.64. The van der Waals surface area contributed by atoms with E-state index in [-0.39, 0.29) is 0 Å². The summed E-state index contributed by atoms with van der Waals surface area (Å²) < 4.78 is 5.92. The highest BCUT2D eigenvalue weighted by Crippen LogP contribution is 2.52. The van der Waals surface area contributed by atoms with Gasteiger partial charge in [0, 0.05) is 6.54 Å². The second-order valence-corrected chi connectivity index (χ2v) is 11.3. The third kappa shape index (κ3) is 5.75. The number of likely N-dealkylation sites (tertiary alicyclic amines) is 1. The maximum absolute atomic E-state index is 7.07. The van der Waals surface area contributed by atoms with Crippen molar-refractivity contribution in [3.05, 3.63) is 71.1 Å². The fourth-order valence-electron chi connectivity index (χ4n) is 7.47. The van der Waals surface area contributed by atoms with Crippen molar-refractivity contribution in [1.82, 2.24) is 4.90 Å². The zero-order chi connectivity index (χ0) is 23.9. The molecular formula is C32H42N2O. The molecule has 5 rings (SSSR count). The molecule has 3 nitrogen and oxygen atoms in total. The molecule has 2 fully saturated rings. The first-order valence-electron chi connectivity index (χ1n) is 14.2. The zero-order valence-electron chi connectivity index (χ0n) is 21.4. The molecule has 1 saturated heterocycles. The standard InChI is InChI=1S/C32H42N2O/c1-33-29-14-16-30(17-15-29)35-24-8-21-34-22-18-28(19-23-34)32(25-26-9-3-2-4-10-26)20-7-12-27-11-5-6-13-31(27)32/h5-6,11,13-17,26,28H,2-4,7-10,12,18-25H2. The van der Waals surface area contributed by atoms with Gasteiger partial charge in [-0.2, -0.15) is 0 Å². The van der Waals surface area contributed by atoms with E-state index in [2.05, 4.69) is 34.0 Å². The second kappa shape index (κ2) is 11.6. The monoisotopic (exact) mass is 470 g/mol. The Kier molecular flexibility index (Phi) is 8.09. The van der Waals surface area contributed by atoms with Gasteiger partial charge in [-0.3, -0.25) is 0 Å². The molecule has 1 atom stereocenters. The molecule has 1 heterocycles. The minimum atomic E-state index is 0.420. The highest BCUT2D eigenvalue weighted by Gasteiger charge is 2.45. The van der Waals surface area contributed by atoms with Crippen LogP contribution < -0.4 is 4.74 Å². The topological polar surface area (TPSA) is 16.8 Å². The van der Waals surface area contributed by atoms with Crippen molar-refractivity contribution in [3.63, 3.8) is 0 Å². The van der Waals surface area contributed by atoms with Crippen molar-refractivity contribution < 1.29 is 4.74 Å². The number of hydrogen-bond donors (Lipinski definition) is 0. The molecule has 0 spiro atoms. The highest BCUT2D eigenvalue weighted by molar-refractivity contribution is 5.47. The van der Waals surface area contributed by atoms with E-state index < -0.39 is 0 Å². The van der Waals surface area contributed by atoms with E-state index in [0.29, 0.717) is 11.1 Å². The molecule has 2 aromatic carbocycles. The van der Waals surface area contributed by atoms with E-state index in [1.807, 2.05) is 24.3 Å². The molecule has 1 saturated carbocycles. The number of hydrogen-bond acceptors (Lipinski definition) is 2. The van der Waals surface area contributed by atoms with Crippen LogP contribution in [0, 0.1) is 18.4 Å². The minimum absolute atomic E-state index is 0.420. The average Bonchev–Trinajstić information content (AvgIpc) is 2.92. The fraction of sp³-hybridized carbons (Fsp3) is 0.594. The maximum atomic E-state index is 7.07. The molecule has 35 heavy (non-hydrogen) atoms. The van der Waals surface area contributed by atoms with Crippen LogP contribution >= 0.6 is 0 Å². The van der Waals surface area contributed by atoms with Gasteiger partial charge in [0.05, 0.1) is 13.2 Å². The fourth-order valence-corrected chi connectivity index (χ4v) is 7.47. The Morgan fingerprint density at radius 3 is 2.46 bits per heavy atom. The Morgan fingerprint density at radius 1 is 0.914 bits per heavy atom. The molecule has 0 N–H and O–H groups in total. The van der Waals surface area contributed by atoms with Crippen LogP contribution in [0.5, 0.6) is 5.75 Å². The van der Waals surface area contributed by atoms with E-state index in [9.17, 15) is 0 Å². The van der Waals surface area contributed by atoms with Gasteiger partial charge in [-0.15, -0.1) is 0 Å². The first-order chi connectivity index (χ1) is 17.3. The van der Waals surface area contributed by atoms with Gasteiger partial charge in [-0.25, -0.2) is 4.85 Å². The molecule has 1 aliphatic heterocycles. The van der Waals surface area contributed by atoms with Gasteiger partial charge in [0.2, 0.25) is 0 Å². The molecule has 3 heteroatoms. The molecular weight excluding hydrogens is 428 g/mol. The highest BCUT2D eigenvalue weighted by atomic mass is 16.5. The molecule has 1 unspecified atom stereocenters. The summed E-state index contributed by atoms with van der Waals surface area (Å²) in [7, 11) is 0. The summed E-state index contributed by atoms with van der Waals surface area (Å²) in [5, 5.41) is 0. The Hall–Kier alpha value is -2.31. The lowest BCUT2D eigenvalue weighted by Crippen LogP contribution is -2.46. The van der Waals surface area contributed by atoms with Crippen molar-refractivity contribution in [2.75, 3.05) is 26.2 Å². The van der Waals surface area contributed by atoms with Crippen LogP contribution in [-0.2, 0) is 11.8 Å². The van der Waals surface area contributed by atoms with E-state index >= 15 is 0 Å². The van der Waals surface area contributed by atoms with E-state index in [1.54, 1.807) is 11.1 Å². The number of rotatable bonds is 8. The van der Waals surface area contributed by atoms with Gasteiger partial charge in [0.1, 0.15) is 5.75 Å². The first kappa shape index (κ1) is 24.4. The molecule has 3 aliphatic rings. The number of benzene rings is 2. The number of ether oxygens (including phenoxy) is 1. The smallest absolute Gasteiger partial charge is 0.187 e. The van der Waals surface area contributed by atoms with E-state index in [0.717, 1.165) is 37.2 Å². The normalized spacial score (nSPS) is 24.0. The van der Waals surface area contributed by atoms with Gasteiger partial charge in [0.15, 0.2) is 5.69 Å². The largest absolute Gasteiger partial charge is 0.494 e. The second-order valence-electron chi connectivity index (χ2n) is 11.3. The van der Waals surface area contributed by atoms with E-state index in [4.69, 9.17) is 11.3 Å². The van der Waals surface area contributed by atoms with Gasteiger partial charge >= 0.3 is 0 Å². The number of fused-ring (bicyclic) bond motifs is 1. The lowest BCUT2D eigenvalue weighted by atomic mass is 9.56. The first-order valence-corrected chi connectivity index (χ1v) is 14.2. The lowest BCUT2D eigenvalue weighted by molar-refractivity contribution is 0.0867. The van der Waals surface area contributed by atoms with Crippen LogP contribution in [0.2, 0.25) is 0 Å². The third-order valence-corrected chi connectivity index (χ3v) is 9.22. The molecule has 0 bridgehead atoms. The van der Waals surface area contributed by atoms with Crippen molar-refractivity contribution >= 4 is 5.69 Å². The Balaban J connectivity index is 1.18. The Morgan fingerprint density at radius 2 is 1.69 bits per heavy atom. The number of piperidine rings is 1. The van der Waals surface area contributed by atoms with Gasteiger partial charge in [-0.1, -0.05) is 68.5 Å². The molecule has 0 aromatic heterocycles. The molecule has 0 radical (unpaired) electrons. The van der Waals surface area contributed by atoms with Gasteiger partial charge < -0.3 is 9.64 Å². The van der Waals surface area contributed by atoms with Crippen LogP contribution in [0.1, 0.15) is 81.8 Å². The van der Waals surface area contributed by atoms with Gasteiger partial charge in [0.25, 0.3) is 0 Å². The van der Waals surface area contributed by atoms with Crippen LogP contribution in [0.25, 0.3) is 4.85 Å².